The maximum Gasteiger partial charge on any atom is 0.124 e. The highest BCUT2D eigenvalue weighted by atomic mass is 31.0. The first-order valence-corrected chi connectivity index (χ1v) is 6.18. The van der Waals surface area contributed by atoms with Crippen LogP contribution in [0.5, 0.6) is 0 Å². The molecule has 0 spiro atoms. The fourth-order valence-electron chi connectivity index (χ4n) is 1.93. The Labute approximate surface area is 105 Å². The normalized spacial score (nSPS) is 14.0. The van der Waals surface area contributed by atoms with E-state index in [4.69, 9.17) is 4.52 Å². The molecule has 0 bridgehead atoms. The number of carbonyl (C=O) groups is 1. The maximum atomic E-state index is 10.6. The van der Waals surface area contributed by atoms with Gasteiger partial charge in [0, 0.05) is 15.9 Å². The van der Waals surface area contributed by atoms with Crippen molar-refractivity contribution in [1.29, 1.82) is 0 Å². The zero-order valence-corrected chi connectivity index (χ0v) is 11.3. The Morgan fingerprint density at radius 2 is 2.06 bits per heavy atom. The topological polar surface area (TPSA) is 26.3 Å². The van der Waals surface area contributed by atoms with Crippen LogP contribution in [0.3, 0.4) is 0 Å². The Morgan fingerprint density at radius 3 is 2.59 bits per heavy atom. The average Bonchev–Trinajstić information content (AvgIpc) is 2.33. The van der Waals surface area contributed by atoms with E-state index in [2.05, 4.69) is 29.0 Å². The summed E-state index contributed by atoms with van der Waals surface area (Å²) in [4.78, 5) is 10.6. The number of carbonyl (C=O) groups excluding carboxylic acids is 1. The van der Waals surface area contributed by atoms with Crippen LogP contribution in [0.4, 0.5) is 0 Å². The van der Waals surface area contributed by atoms with Gasteiger partial charge in [0.1, 0.15) is 6.29 Å². The van der Waals surface area contributed by atoms with Gasteiger partial charge in [-0.3, -0.25) is 0 Å². The molecule has 17 heavy (non-hydrogen) atoms. The summed E-state index contributed by atoms with van der Waals surface area (Å²) in [6.07, 6.45) is 4.13. The molecule has 0 radical (unpaired) electrons. The molecule has 0 saturated carbocycles. The van der Waals surface area contributed by atoms with Crippen LogP contribution in [0.15, 0.2) is 36.9 Å². The molecule has 92 valence electrons. The van der Waals surface area contributed by atoms with Crippen molar-refractivity contribution >= 4 is 15.8 Å². The Balaban J connectivity index is 2.79. The van der Waals surface area contributed by atoms with E-state index in [9.17, 15) is 4.79 Å². The van der Waals surface area contributed by atoms with E-state index in [1.54, 1.807) is 6.08 Å². The second kappa shape index (κ2) is 7.37. The summed E-state index contributed by atoms with van der Waals surface area (Å²) < 4.78 is 5.26. The smallest absolute Gasteiger partial charge is 0.124 e. The van der Waals surface area contributed by atoms with Crippen molar-refractivity contribution in [3.8, 4) is 0 Å². The number of benzene rings is 1. The van der Waals surface area contributed by atoms with Crippen LogP contribution < -0.4 is 0 Å². The minimum absolute atomic E-state index is 0.0179. The molecule has 3 heteroatoms. The van der Waals surface area contributed by atoms with E-state index in [1.807, 2.05) is 18.2 Å². The molecular weight excluding hydrogens is 231 g/mol. The van der Waals surface area contributed by atoms with Gasteiger partial charge in [-0.15, -0.1) is 6.58 Å². The summed E-state index contributed by atoms with van der Waals surface area (Å²) in [7, 11) is 2.28. The van der Waals surface area contributed by atoms with Gasteiger partial charge in [-0.1, -0.05) is 37.3 Å². The molecule has 0 fully saturated rings. The monoisotopic (exact) mass is 250 g/mol. The first-order valence-electron chi connectivity index (χ1n) is 5.71. The van der Waals surface area contributed by atoms with E-state index < -0.39 is 0 Å². The second-order valence-corrected chi connectivity index (χ2v) is 4.43. The van der Waals surface area contributed by atoms with E-state index in [-0.39, 0.29) is 6.10 Å². The predicted molar refractivity (Wildman–Crippen MR) is 73.9 cm³/mol. The molecular formula is C14H19O2P. The van der Waals surface area contributed by atoms with Crippen molar-refractivity contribution in [2.45, 2.75) is 25.9 Å². The summed E-state index contributed by atoms with van der Waals surface area (Å²) in [6, 6.07) is 8.03. The van der Waals surface area contributed by atoms with Crippen LogP contribution in [0.2, 0.25) is 0 Å². The third-order valence-corrected chi connectivity index (χ3v) is 3.23. The zero-order chi connectivity index (χ0) is 12.7. The molecule has 3 atom stereocenters. The van der Waals surface area contributed by atoms with Crippen molar-refractivity contribution in [2.24, 2.45) is 5.92 Å². The Kier molecular flexibility index (Phi) is 6.10. The van der Waals surface area contributed by atoms with Crippen LogP contribution in [0, 0.1) is 5.92 Å². The highest BCUT2D eigenvalue weighted by molar-refractivity contribution is 7.09. The second-order valence-electron chi connectivity index (χ2n) is 4.16. The number of hydrogen-bond acceptors (Lipinski definition) is 2. The van der Waals surface area contributed by atoms with Gasteiger partial charge in [-0.25, -0.2) is 0 Å². The van der Waals surface area contributed by atoms with Gasteiger partial charge < -0.3 is 9.32 Å². The number of hydrogen-bond donors (Lipinski definition) is 0. The van der Waals surface area contributed by atoms with E-state index >= 15 is 0 Å². The Bertz CT molecular complexity index is 376. The lowest BCUT2D eigenvalue weighted by Gasteiger charge is -2.20. The largest absolute Gasteiger partial charge is 0.358 e. The van der Waals surface area contributed by atoms with Crippen LogP contribution in [0.1, 0.15) is 18.1 Å². The van der Waals surface area contributed by atoms with Gasteiger partial charge >= 0.3 is 0 Å². The minimum Gasteiger partial charge on any atom is -0.358 e. The third-order valence-electron chi connectivity index (χ3n) is 2.91. The standard InChI is InChI=1S/C14H19O2P/c1-3-14(16-17)11(2)10-13-7-5-4-6-12(13)8-9-15/h3-7,9,11,14H,1,8,10,17H2,2H3. The lowest BCUT2D eigenvalue weighted by atomic mass is 9.92. The van der Waals surface area contributed by atoms with Crippen molar-refractivity contribution in [3.05, 3.63) is 48.0 Å². The first kappa shape index (κ1) is 14.1. The van der Waals surface area contributed by atoms with E-state index in [1.165, 1.54) is 5.56 Å². The molecule has 0 heterocycles. The number of rotatable bonds is 7. The average molecular weight is 250 g/mol. The Morgan fingerprint density at radius 1 is 1.41 bits per heavy atom. The fourth-order valence-corrected chi connectivity index (χ4v) is 2.31. The highest BCUT2D eigenvalue weighted by Gasteiger charge is 2.15. The minimum atomic E-state index is 0.0179. The van der Waals surface area contributed by atoms with E-state index in [0.29, 0.717) is 12.3 Å². The summed E-state index contributed by atoms with van der Waals surface area (Å²) in [5.41, 5.74) is 2.31. The lowest BCUT2D eigenvalue weighted by Crippen LogP contribution is -2.18. The molecule has 0 aliphatic heterocycles. The SMILES string of the molecule is C=CC(OP)C(C)Cc1ccccc1CC=O. The quantitative estimate of drug-likeness (QED) is 0.422. The third kappa shape index (κ3) is 4.07. The van der Waals surface area contributed by atoms with Gasteiger partial charge in [-0.05, 0) is 23.5 Å². The molecule has 0 amide bonds. The summed E-state index contributed by atoms with van der Waals surface area (Å²) in [5, 5.41) is 0. The molecule has 1 rings (SSSR count). The van der Waals surface area contributed by atoms with Crippen molar-refractivity contribution in [2.75, 3.05) is 0 Å². The van der Waals surface area contributed by atoms with Crippen LogP contribution in [0.25, 0.3) is 0 Å². The molecule has 2 nitrogen and oxygen atoms in total. The van der Waals surface area contributed by atoms with Gasteiger partial charge in [0.05, 0.1) is 6.10 Å². The fraction of sp³-hybridized carbons (Fsp3) is 0.357. The first-order chi connectivity index (χ1) is 8.22. The molecule has 0 aliphatic carbocycles. The van der Waals surface area contributed by atoms with Crippen LogP contribution in [-0.4, -0.2) is 12.4 Å². The predicted octanol–water partition coefficient (Wildman–Crippen LogP) is 2.97. The van der Waals surface area contributed by atoms with Crippen molar-refractivity contribution in [1.82, 2.24) is 0 Å². The van der Waals surface area contributed by atoms with Crippen LogP contribution in [-0.2, 0) is 22.2 Å². The lowest BCUT2D eigenvalue weighted by molar-refractivity contribution is -0.107. The maximum absolute atomic E-state index is 10.6. The van der Waals surface area contributed by atoms with Gasteiger partial charge in [0.2, 0.25) is 0 Å². The summed E-state index contributed by atoms with van der Waals surface area (Å²) in [6.45, 7) is 5.88. The molecule has 0 aliphatic rings. The molecule has 0 N–H and O–H groups in total. The van der Waals surface area contributed by atoms with E-state index in [0.717, 1.165) is 18.3 Å². The van der Waals surface area contributed by atoms with Crippen molar-refractivity contribution in [3.63, 3.8) is 0 Å². The molecule has 0 saturated heterocycles. The van der Waals surface area contributed by atoms with Gasteiger partial charge in [0.15, 0.2) is 0 Å². The molecule has 0 aromatic heterocycles. The van der Waals surface area contributed by atoms with Crippen LogP contribution >= 0.6 is 9.47 Å². The zero-order valence-electron chi connectivity index (χ0n) is 10.1. The summed E-state index contributed by atoms with van der Waals surface area (Å²) >= 11 is 0. The highest BCUT2D eigenvalue weighted by Crippen LogP contribution is 2.20. The van der Waals surface area contributed by atoms with Gasteiger partial charge in [-0.2, -0.15) is 0 Å². The molecule has 1 aromatic carbocycles. The number of aldehydes is 1. The Hall–Kier alpha value is -0.980. The molecule has 1 aromatic rings. The summed E-state index contributed by atoms with van der Waals surface area (Å²) in [5.74, 6) is 0.331. The van der Waals surface area contributed by atoms with Crippen molar-refractivity contribution < 1.29 is 9.32 Å². The van der Waals surface area contributed by atoms with Gasteiger partial charge in [0.25, 0.3) is 0 Å². The molecule has 3 unspecified atom stereocenters.